The Hall–Kier alpha value is -0.580. The molecule has 0 bridgehead atoms. The number of piperidine rings is 1. The molecule has 2 heterocycles. The van der Waals surface area contributed by atoms with Crippen molar-refractivity contribution in [1.29, 1.82) is 0 Å². The highest BCUT2D eigenvalue weighted by Gasteiger charge is 2.15. The van der Waals surface area contributed by atoms with Crippen molar-refractivity contribution in [2.75, 3.05) is 13.1 Å². The van der Waals surface area contributed by atoms with Gasteiger partial charge in [0.2, 0.25) is 5.91 Å². The van der Waals surface area contributed by atoms with Crippen LogP contribution in [0.5, 0.6) is 0 Å². The maximum atomic E-state index is 11.7. The van der Waals surface area contributed by atoms with Gasteiger partial charge in [-0.05, 0) is 44.5 Å². The molecule has 3 nitrogen and oxygen atoms in total. The van der Waals surface area contributed by atoms with Gasteiger partial charge >= 0.3 is 0 Å². The lowest BCUT2D eigenvalue weighted by Gasteiger charge is -2.23. The number of rotatable bonds is 4. The fourth-order valence-electron chi connectivity index (χ4n) is 1.99. The minimum absolute atomic E-state index is 0.154. The van der Waals surface area contributed by atoms with Gasteiger partial charge in [0.25, 0.3) is 0 Å². The number of hydrogen-bond donors (Lipinski definition) is 2. The van der Waals surface area contributed by atoms with Crippen LogP contribution in [-0.2, 0) is 11.2 Å². The number of amides is 1. The molecule has 0 aromatic carbocycles. The molecular weight excluding hydrogens is 256 g/mol. The molecule has 0 spiro atoms. The number of nitrogens with one attached hydrogen (secondary N) is 2. The molecular formula is C12H17ClN2OS. The van der Waals surface area contributed by atoms with E-state index in [-0.39, 0.29) is 5.91 Å². The summed E-state index contributed by atoms with van der Waals surface area (Å²) >= 11 is 7.39. The molecule has 2 N–H and O–H groups in total. The number of halogens is 1. The van der Waals surface area contributed by atoms with E-state index >= 15 is 0 Å². The molecule has 1 saturated heterocycles. The van der Waals surface area contributed by atoms with Crippen molar-refractivity contribution in [3.63, 3.8) is 0 Å². The van der Waals surface area contributed by atoms with Crippen molar-refractivity contribution in [3.8, 4) is 0 Å². The van der Waals surface area contributed by atoms with Crippen LogP contribution in [0.15, 0.2) is 12.1 Å². The van der Waals surface area contributed by atoms with E-state index in [9.17, 15) is 4.79 Å². The van der Waals surface area contributed by atoms with Gasteiger partial charge in [-0.2, -0.15) is 0 Å². The summed E-state index contributed by atoms with van der Waals surface area (Å²) in [4.78, 5) is 12.9. The molecule has 0 radical (unpaired) electrons. The summed E-state index contributed by atoms with van der Waals surface area (Å²) in [6.07, 6.45) is 3.42. The third-order valence-corrected chi connectivity index (χ3v) is 4.22. The van der Waals surface area contributed by atoms with Crippen LogP contribution in [0.3, 0.4) is 0 Å². The zero-order valence-corrected chi connectivity index (χ0v) is 11.2. The van der Waals surface area contributed by atoms with Gasteiger partial charge in [-0.25, -0.2) is 0 Å². The van der Waals surface area contributed by atoms with Gasteiger partial charge in [0, 0.05) is 17.3 Å². The summed E-state index contributed by atoms with van der Waals surface area (Å²) in [6.45, 7) is 2.01. The first-order valence-corrected chi connectivity index (χ1v) is 7.18. The zero-order valence-electron chi connectivity index (χ0n) is 9.67. The Labute approximate surface area is 111 Å². The second kappa shape index (κ2) is 6.38. The van der Waals surface area contributed by atoms with Gasteiger partial charge in [0.15, 0.2) is 0 Å². The van der Waals surface area contributed by atoms with Crippen LogP contribution in [0, 0.1) is 0 Å². The lowest BCUT2D eigenvalue weighted by Crippen LogP contribution is -2.42. The van der Waals surface area contributed by atoms with E-state index in [1.807, 2.05) is 12.1 Å². The average molecular weight is 273 g/mol. The average Bonchev–Trinajstić information content (AvgIpc) is 2.74. The van der Waals surface area contributed by atoms with Crippen molar-refractivity contribution in [3.05, 3.63) is 21.3 Å². The number of thiophene rings is 1. The van der Waals surface area contributed by atoms with Crippen molar-refractivity contribution >= 4 is 28.8 Å². The molecule has 17 heavy (non-hydrogen) atoms. The van der Waals surface area contributed by atoms with Gasteiger partial charge in [0.1, 0.15) is 0 Å². The Kier molecular flexibility index (Phi) is 4.83. The maximum Gasteiger partial charge on any atom is 0.220 e. The van der Waals surface area contributed by atoms with Crippen molar-refractivity contribution in [1.82, 2.24) is 10.6 Å². The smallest absolute Gasteiger partial charge is 0.220 e. The molecule has 1 aliphatic heterocycles. The van der Waals surface area contributed by atoms with Gasteiger partial charge in [-0.1, -0.05) is 11.6 Å². The molecule has 94 valence electrons. The standard InChI is InChI=1S/C12H17ClN2OS/c13-11-3-1-10(17-11)2-4-12(16)15-9-5-7-14-8-6-9/h1,3,9,14H,2,4-8H2,(H,15,16). The van der Waals surface area contributed by atoms with Crippen molar-refractivity contribution < 1.29 is 4.79 Å². The predicted octanol–water partition coefficient (Wildman–Crippen LogP) is 2.20. The SMILES string of the molecule is O=C(CCc1ccc(Cl)s1)NC1CCNCC1. The highest BCUT2D eigenvalue weighted by Crippen LogP contribution is 2.22. The molecule has 0 aliphatic carbocycles. The molecule has 2 rings (SSSR count). The van der Waals surface area contributed by atoms with Gasteiger partial charge in [-0.15, -0.1) is 11.3 Å². The van der Waals surface area contributed by atoms with E-state index in [4.69, 9.17) is 11.6 Å². The Bertz CT molecular complexity index is 374. The second-order valence-corrected chi connectivity index (χ2v) is 6.10. The lowest BCUT2D eigenvalue weighted by atomic mass is 10.1. The van der Waals surface area contributed by atoms with Crippen LogP contribution in [0.1, 0.15) is 24.1 Å². The van der Waals surface area contributed by atoms with E-state index in [1.165, 1.54) is 4.88 Å². The van der Waals surface area contributed by atoms with Gasteiger partial charge in [0.05, 0.1) is 4.34 Å². The van der Waals surface area contributed by atoms with Gasteiger partial charge in [-0.3, -0.25) is 4.79 Å². The first-order valence-electron chi connectivity index (χ1n) is 5.98. The summed E-state index contributed by atoms with van der Waals surface area (Å²) in [6, 6.07) is 4.23. The first-order chi connectivity index (χ1) is 8.24. The molecule has 0 unspecified atom stereocenters. The summed E-state index contributed by atoms with van der Waals surface area (Å²) < 4.78 is 0.791. The largest absolute Gasteiger partial charge is 0.353 e. The minimum Gasteiger partial charge on any atom is -0.353 e. The highest BCUT2D eigenvalue weighted by molar-refractivity contribution is 7.16. The van der Waals surface area contributed by atoms with Crippen LogP contribution >= 0.6 is 22.9 Å². The molecule has 5 heteroatoms. The third-order valence-electron chi connectivity index (χ3n) is 2.93. The topological polar surface area (TPSA) is 41.1 Å². The molecule has 1 aliphatic rings. The molecule has 1 amide bonds. The molecule has 1 aromatic heterocycles. The number of hydrogen-bond acceptors (Lipinski definition) is 3. The lowest BCUT2D eigenvalue weighted by molar-refractivity contribution is -0.121. The van der Waals surface area contributed by atoms with E-state index in [1.54, 1.807) is 11.3 Å². The number of carbonyl (C=O) groups excluding carboxylic acids is 1. The Morgan fingerprint density at radius 3 is 2.88 bits per heavy atom. The van der Waals surface area contributed by atoms with E-state index in [0.29, 0.717) is 12.5 Å². The predicted molar refractivity (Wildman–Crippen MR) is 71.7 cm³/mol. The van der Waals surface area contributed by atoms with E-state index in [0.717, 1.165) is 36.7 Å². The fraction of sp³-hybridized carbons (Fsp3) is 0.583. The summed E-state index contributed by atoms with van der Waals surface area (Å²) in [7, 11) is 0. The molecule has 1 aromatic rings. The molecule has 0 atom stereocenters. The van der Waals surface area contributed by atoms with E-state index in [2.05, 4.69) is 10.6 Å². The van der Waals surface area contributed by atoms with Crippen LogP contribution < -0.4 is 10.6 Å². The third kappa shape index (κ3) is 4.30. The Morgan fingerprint density at radius 1 is 1.47 bits per heavy atom. The van der Waals surface area contributed by atoms with Gasteiger partial charge < -0.3 is 10.6 Å². The summed E-state index contributed by atoms with van der Waals surface area (Å²) in [5, 5.41) is 6.37. The zero-order chi connectivity index (χ0) is 12.1. The molecule has 0 saturated carbocycles. The van der Waals surface area contributed by atoms with Crippen LogP contribution in [0.2, 0.25) is 4.34 Å². The number of carbonyl (C=O) groups is 1. The maximum absolute atomic E-state index is 11.7. The highest BCUT2D eigenvalue weighted by atomic mass is 35.5. The number of aryl methyl sites for hydroxylation is 1. The van der Waals surface area contributed by atoms with Crippen LogP contribution in [0.25, 0.3) is 0 Å². The van der Waals surface area contributed by atoms with Crippen LogP contribution in [-0.4, -0.2) is 25.0 Å². The normalized spacial score (nSPS) is 17.0. The van der Waals surface area contributed by atoms with E-state index < -0.39 is 0 Å². The summed E-state index contributed by atoms with van der Waals surface area (Å²) in [5.41, 5.74) is 0. The first kappa shape index (κ1) is 12.9. The minimum atomic E-state index is 0.154. The Balaban J connectivity index is 1.70. The van der Waals surface area contributed by atoms with Crippen molar-refractivity contribution in [2.45, 2.75) is 31.7 Å². The Morgan fingerprint density at radius 2 is 2.24 bits per heavy atom. The quantitative estimate of drug-likeness (QED) is 0.882. The van der Waals surface area contributed by atoms with Crippen LogP contribution in [0.4, 0.5) is 0 Å². The fourth-order valence-corrected chi connectivity index (χ4v) is 3.08. The second-order valence-electron chi connectivity index (χ2n) is 4.30. The summed E-state index contributed by atoms with van der Waals surface area (Å²) in [5.74, 6) is 0.154. The monoisotopic (exact) mass is 272 g/mol. The molecule has 1 fully saturated rings. The van der Waals surface area contributed by atoms with Crippen molar-refractivity contribution in [2.24, 2.45) is 0 Å².